The van der Waals surface area contributed by atoms with Crippen LogP contribution in [0.1, 0.15) is 37.0 Å². The average molecular weight is 346 g/mol. The van der Waals surface area contributed by atoms with Gasteiger partial charge in [-0.05, 0) is 56.5 Å². The zero-order valence-corrected chi connectivity index (χ0v) is 14.7. The number of hydrazone groups is 1. The van der Waals surface area contributed by atoms with Gasteiger partial charge in [-0.1, -0.05) is 0 Å². The molecule has 0 aromatic heterocycles. The summed E-state index contributed by atoms with van der Waals surface area (Å²) in [6, 6.07) is 2.99. The van der Waals surface area contributed by atoms with Gasteiger partial charge in [-0.15, -0.1) is 0 Å². The molecule has 8 heteroatoms. The molecule has 25 heavy (non-hydrogen) atoms. The number of aromatic hydroxyl groups is 1. The second kappa shape index (κ2) is 6.92. The molecule has 2 rings (SSSR count). The largest absolute Gasteiger partial charge is 0.507 e. The maximum atomic E-state index is 12.0. The van der Waals surface area contributed by atoms with E-state index in [-0.39, 0.29) is 24.6 Å². The van der Waals surface area contributed by atoms with Crippen LogP contribution in [0.3, 0.4) is 0 Å². The number of carbonyl (C=O) groups is 3. The van der Waals surface area contributed by atoms with Gasteiger partial charge in [0.1, 0.15) is 11.3 Å². The lowest BCUT2D eigenvalue weighted by Crippen LogP contribution is -2.40. The molecule has 0 bridgehead atoms. The molecule has 1 fully saturated rings. The summed E-state index contributed by atoms with van der Waals surface area (Å²) in [6.45, 7) is 6.76. The second-order valence-electron chi connectivity index (χ2n) is 6.56. The Labute approximate surface area is 145 Å². The van der Waals surface area contributed by atoms with Crippen LogP contribution in [0.2, 0.25) is 0 Å². The maximum Gasteiger partial charge on any atom is 0.325 e. The van der Waals surface area contributed by atoms with Gasteiger partial charge >= 0.3 is 6.03 Å². The van der Waals surface area contributed by atoms with E-state index in [9.17, 15) is 19.5 Å². The molecule has 1 aromatic rings. The Balaban J connectivity index is 1.87. The molecule has 1 aliphatic heterocycles. The summed E-state index contributed by atoms with van der Waals surface area (Å²) in [7, 11) is 0. The summed E-state index contributed by atoms with van der Waals surface area (Å²) in [5.74, 6) is -0.532. The monoisotopic (exact) mass is 346 g/mol. The Kier molecular flexibility index (Phi) is 5.10. The third-order valence-corrected chi connectivity index (χ3v) is 3.92. The third-order valence-electron chi connectivity index (χ3n) is 3.92. The van der Waals surface area contributed by atoms with Gasteiger partial charge in [-0.25, -0.2) is 10.2 Å². The molecule has 3 N–H and O–H groups in total. The van der Waals surface area contributed by atoms with Crippen molar-refractivity contribution in [1.29, 1.82) is 0 Å². The molecule has 0 atom stereocenters. The minimum Gasteiger partial charge on any atom is -0.507 e. The Morgan fingerprint density at radius 1 is 1.32 bits per heavy atom. The molecule has 4 amide bonds. The molecule has 0 unspecified atom stereocenters. The summed E-state index contributed by atoms with van der Waals surface area (Å²) in [5, 5.41) is 16.1. The molecule has 134 valence electrons. The Morgan fingerprint density at radius 3 is 2.44 bits per heavy atom. The van der Waals surface area contributed by atoms with E-state index in [4.69, 9.17) is 0 Å². The number of phenols is 1. The summed E-state index contributed by atoms with van der Waals surface area (Å²) < 4.78 is 0. The smallest absolute Gasteiger partial charge is 0.325 e. The van der Waals surface area contributed by atoms with Gasteiger partial charge in [0.25, 0.3) is 5.91 Å². The summed E-state index contributed by atoms with van der Waals surface area (Å²) in [6.07, 6.45) is 1.42. The van der Waals surface area contributed by atoms with Crippen molar-refractivity contribution in [2.24, 2.45) is 5.10 Å². The van der Waals surface area contributed by atoms with Crippen molar-refractivity contribution in [3.8, 4) is 5.75 Å². The second-order valence-corrected chi connectivity index (χ2v) is 6.56. The fourth-order valence-electron chi connectivity index (χ4n) is 2.53. The van der Waals surface area contributed by atoms with Crippen molar-refractivity contribution < 1.29 is 19.5 Å². The molecule has 1 heterocycles. The molecule has 0 spiro atoms. The third kappa shape index (κ3) is 4.14. The number of carbonyl (C=O) groups excluding carboxylic acids is 3. The topological polar surface area (TPSA) is 111 Å². The van der Waals surface area contributed by atoms with Gasteiger partial charge in [0.2, 0.25) is 5.91 Å². The molecule has 0 aliphatic carbocycles. The van der Waals surface area contributed by atoms with Crippen LogP contribution in [0.15, 0.2) is 17.2 Å². The number of imide groups is 1. The predicted octanol–water partition coefficient (Wildman–Crippen LogP) is 1.18. The molecule has 8 nitrogen and oxygen atoms in total. The molecule has 0 radical (unpaired) electrons. The lowest BCUT2D eigenvalue weighted by molar-refractivity contribution is -0.130. The van der Waals surface area contributed by atoms with E-state index in [1.807, 2.05) is 0 Å². The van der Waals surface area contributed by atoms with Crippen LogP contribution in [-0.4, -0.2) is 46.2 Å². The SMILES string of the molecule is Cc1cc(/C=N/NC(=O)CCN2C(=O)NC(C)(C)C2=O)cc(C)c1O. The van der Waals surface area contributed by atoms with E-state index >= 15 is 0 Å². The van der Waals surface area contributed by atoms with Crippen molar-refractivity contribution in [2.75, 3.05) is 6.54 Å². The van der Waals surface area contributed by atoms with Crippen LogP contribution >= 0.6 is 0 Å². The first-order chi connectivity index (χ1) is 11.6. The van der Waals surface area contributed by atoms with Crippen LogP contribution < -0.4 is 10.7 Å². The average Bonchev–Trinajstić information content (AvgIpc) is 2.71. The number of urea groups is 1. The van der Waals surface area contributed by atoms with Gasteiger partial charge in [0.15, 0.2) is 0 Å². The summed E-state index contributed by atoms with van der Waals surface area (Å²) >= 11 is 0. The van der Waals surface area contributed by atoms with Crippen LogP contribution in [0, 0.1) is 13.8 Å². The van der Waals surface area contributed by atoms with Crippen molar-refractivity contribution >= 4 is 24.1 Å². The first-order valence-corrected chi connectivity index (χ1v) is 7.88. The fourth-order valence-corrected chi connectivity index (χ4v) is 2.53. The van der Waals surface area contributed by atoms with E-state index < -0.39 is 17.5 Å². The Hall–Kier alpha value is -2.90. The van der Waals surface area contributed by atoms with Crippen LogP contribution in [0.25, 0.3) is 0 Å². The van der Waals surface area contributed by atoms with Crippen molar-refractivity contribution in [2.45, 2.75) is 39.7 Å². The minimum absolute atomic E-state index is 0.00707. The van der Waals surface area contributed by atoms with Crippen molar-refractivity contribution in [1.82, 2.24) is 15.6 Å². The molecular formula is C17H22N4O4. The number of rotatable bonds is 5. The number of nitrogens with one attached hydrogen (secondary N) is 2. The quantitative estimate of drug-likeness (QED) is 0.422. The number of aryl methyl sites for hydroxylation is 2. The summed E-state index contributed by atoms with van der Waals surface area (Å²) in [4.78, 5) is 36.6. The lowest BCUT2D eigenvalue weighted by atomic mass is 10.1. The van der Waals surface area contributed by atoms with Crippen LogP contribution in [0.5, 0.6) is 5.75 Å². The van der Waals surface area contributed by atoms with E-state index in [0.29, 0.717) is 11.1 Å². The molecule has 1 aliphatic rings. The molecule has 1 aromatic carbocycles. The van der Waals surface area contributed by atoms with E-state index in [1.54, 1.807) is 39.8 Å². The first kappa shape index (κ1) is 18.4. The van der Waals surface area contributed by atoms with E-state index in [2.05, 4.69) is 15.8 Å². The van der Waals surface area contributed by atoms with Gasteiger partial charge in [-0.2, -0.15) is 5.10 Å². The Bertz CT molecular complexity index is 732. The van der Waals surface area contributed by atoms with Gasteiger partial charge in [0, 0.05) is 13.0 Å². The highest BCUT2D eigenvalue weighted by atomic mass is 16.3. The number of hydrogen-bond donors (Lipinski definition) is 3. The molecule has 1 saturated heterocycles. The zero-order chi connectivity index (χ0) is 18.8. The number of amides is 4. The normalized spacial score (nSPS) is 16.4. The fraction of sp³-hybridized carbons (Fsp3) is 0.412. The lowest BCUT2D eigenvalue weighted by Gasteiger charge is -2.15. The standard InChI is InChI=1S/C17H22N4O4/c1-10-7-12(8-11(2)14(10)23)9-18-20-13(22)5-6-21-15(24)17(3,4)19-16(21)25/h7-9,23H,5-6H2,1-4H3,(H,19,25)(H,20,22)/b18-9+. The predicted molar refractivity (Wildman–Crippen MR) is 92.3 cm³/mol. The highest BCUT2D eigenvalue weighted by Crippen LogP contribution is 2.22. The highest BCUT2D eigenvalue weighted by molar-refractivity contribution is 6.06. The van der Waals surface area contributed by atoms with Crippen LogP contribution in [-0.2, 0) is 9.59 Å². The summed E-state index contributed by atoms with van der Waals surface area (Å²) in [5.41, 5.74) is 3.59. The first-order valence-electron chi connectivity index (χ1n) is 7.88. The van der Waals surface area contributed by atoms with Gasteiger partial charge < -0.3 is 10.4 Å². The van der Waals surface area contributed by atoms with Gasteiger partial charge in [-0.3, -0.25) is 14.5 Å². The highest BCUT2D eigenvalue weighted by Gasteiger charge is 2.43. The zero-order valence-electron chi connectivity index (χ0n) is 14.7. The number of hydrogen-bond acceptors (Lipinski definition) is 5. The van der Waals surface area contributed by atoms with Crippen molar-refractivity contribution in [3.63, 3.8) is 0 Å². The van der Waals surface area contributed by atoms with Crippen molar-refractivity contribution in [3.05, 3.63) is 28.8 Å². The molecule has 0 saturated carbocycles. The number of phenolic OH excluding ortho intramolecular Hbond substituents is 1. The molecular weight excluding hydrogens is 324 g/mol. The van der Waals surface area contributed by atoms with Gasteiger partial charge in [0.05, 0.1) is 6.21 Å². The number of benzene rings is 1. The van der Waals surface area contributed by atoms with E-state index in [0.717, 1.165) is 10.5 Å². The van der Waals surface area contributed by atoms with Crippen LogP contribution in [0.4, 0.5) is 4.79 Å². The minimum atomic E-state index is -0.944. The van der Waals surface area contributed by atoms with E-state index in [1.165, 1.54) is 6.21 Å². The maximum absolute atomic E-state index is 12.0. The Morgan fingerprint density at radius 2 is 1.92 bits per heavy atom. The number of nitrogens with zero attached hydrogens (tertiary/aromatic N) is 2.